The Morgan fingerprint density at radius 2 is 1.71 bits per heavy atom. The second-order valence-corrected chi connectivity index (χ2v) is 5.70. The summed E-state index contributed by atoms with van der Waals surface area (Å²) in [6.45, 7) is 1.71. The maximum Gasteiger partial charge on any atom is 0.251 e. The Morgan fingerprint density at radius 3 is 2.29 bits per heavy atom. The van der Waals surface area contributed by atoms with Gasteiger partial charge in [-0.3, -0.25) is 4.79 Å². The van der Waals surface area contributed by atoms with Gasteiger partial charge in [0.05, 0.1) is 0 Å². The molecule has 1 amide bonds. The standard InChI is InChI=1S/C16H14BrF2NO/c1-10(9-13-14(18)3-2-4-15(13)19)20-16(21)11-5-7-12(17)8-6-11/h2-8,10H,9H2,1H3,(H,20,21)/t10-/m0/s1. The molecule has 1 N–H and O–H groups in total. The highest BCUT2D eigenvalue weighted by Crippen LogP contribution is 2.15. The van der Waals surface area contributed by atoms with E-state index in [1.165, 1.54) is 18.2 Å². The number of carbonyl (C=O) groups is 1. The summed E-state index contributed by atoms with van der Waals surface area (Å²) in [6, 6.07) is 10.2. The first kappa shape index (κ1) is 15.6. The van der Waals surface area contributed by atoms with Crippen LogP contribution in [-0.2, 0) is 6.42 Å². The van der Waals surface area contributed by atoms with Gasteiger partial charge in [0.2, 0.25) is 0 Å². The Hall–Kier alpha value is -1.75. The Kier molecular flexibility index (Phi) is 5.07. The highest BCUT2D eigenvalue weighted by atomic mass is 79.9. The molecule has 0 saturated heterocycles. The van der Waals surface area contributed by atoms with Crippen LogP contribution in [0.1, 0.15) is 22.8 Å². The normalized spacial score (nSPS) is 12.0. The number of halogens is 3. The summed E-state index contributed by atoms with van der Waals surface area (Å²) in [7, 11) is 0. The van der Waals surface area contributed by atoms with Crippen molar-refractivity contribution in [3.05, 3.63) is 69.7 Å². The van der Waals surface area contributed by atoms with Gasteiger partial charge in [-0.1, -0.05) is 22.0 Å². The molecule has 2 aromatic rings. The molecule has 2 rings (SSSR count). The fourth-order valence-corrected chi connectivity index (χ4v) is 2.26. The van der Waals surface area contributed by atoms with Crippen LogP contribution in [0.5, 0.6) is 0 Å². The van der Waals surface area contributed by atoms with E-state index in [-0.39, 0.29) is 23.9 Å². The average Bonchev–Trinajstić information content (AvgIpc) is 2.43. The van der Waals surface area contributed by atoms with Crippen LogP contribution in [0.15, 0.2) is 46.9 Å². The van der Waals surface area contributed by atoms with Gasteiger partial charge in [0.15, 0.2) is 0 Å². The van der Waals surface area contributed by atoms with E-state index in [9.17, 15) is 13.6 Å². The first-order valence-corrected chi connectivity index (χ1v) is 7.26. The predicted molar refractivity (Wildman–Crippen MR) is 81.1 cm³/mol. The van der Waals surface area contributed by atoms with Gasteiger partial charge in [-0.2, -0.15) is 0 Å². The molecular weight excluding hydrogens is 340 g/mol. The summed E-state index contributed by atoms with van der Waals surface area (Å²) in [5.74, 6) is -1.47. The van der Waals surface area contributed by atoms with Crippen LogP contribution in [0.3, 0.4) is 0 Å². The van der Waals surface area contributed by atoms with Crippen LogP contribution in [0.2, 0.25) is 0 Å². The lowest BCUT2D eigenvalue weighted by atomic mass is 10.1. The fourth-order valence-electron chi connectivity index (χ4n) is 1.99. The van der Waals surface area contributed by atoms with Crippen molar-refractivity contribution in [1.82, 2.24) is 5.32 Å². The van der Waals surface area contributed by atoms with Crippen molar-refractivity contribution in [3.63, 3.8) is 0 Å². The molecule has 0 spiro atoms. The Bertz CT molecular complexity index is 623. The SMILES string of the molecule is C[C@@H](Cc1c(F)cccc1F)NC(=O)c1ccc(Br)cc1. The first-order chi connectivity index (χ1) is 9.97. The van der Waals surface area contributed by atoms with E-state index in [2.05, 4.69) is 21.2 Å². The van der Waals surface area contributed by atoms with Gasteiger partial charge in [0.1, 0.15) is 11.6 Å². The van der Waals surface area contributed by atoms with Gasteiger partial charge >= 0.3 is 0 Å². The van der Waals surface area contributed by atoms with Crippen molar-refractivity contribution < 1.29 is 13.6 Å². The van der Waals surface area contributed by atoms with E-state index < -0.39 is 11.6 Å². The molecule has 0 aliphatic rings. The second kappa shape index (κ2) is 6.80. The zero-order chi connectivity index (χ0) is 15.4. The molecule has 5 heteroatoms. The van der Waals surface area contributed by atoms with Crippen LogP contribution in [0.25, 0.3) is 0 Å². The van der Waals surface area contributed by atoms with E-state index in [0.717, 1.165) is 4.47 Å². The van der Waals surface area contributed by atoms with Crippen molar-refractivity contribution in [3.8, 4) is 0 Å². The van der Waals surface area contributed by atoms with Gasteiger partial charge in [-0.05, 0) is 49.7 Å². The van der Waals surface area contributed by atoms with Crippen molar-refractivity contribution >= 4 is 21.8 Å². The summed E-state index contributed by atoms with van der Waals surface area (Å²) >= 11 is 3.29. The Balaban J connectivity index is 2.03. The van der Waals surface area contributed by atoms with E-state index in [0.29, 0.717) is 5.56 Å². The summed E-state index contributed by atoms with van der Waals surface area (Å²) in [5, 5.41) is 2.73. The monoisotopic (exact) mass is 353 g/mol. The van der Waals surface area contributed by atoms with Gasteiger partial charge in [-0.15, -0.1) is 0 Å². The smallest absolute Gasteiger partial charge is 0.251 e. The second-order valence-electron chi connectivity index (χ2n) is 4.79. The molecule has 0 fully saturated rings. The zero-order valence-electron chi connectivity index (χ0n) is 11.4. The number of carbonyl (C=O) groups excluding carboxylic acids is 1. The molecule has 1 atom stereocenters. The topological polar surface area (TPSA) is 29.1 Å². The molecule has 0 saturated carbocycles. The minimum atomic E-state index is -0.597. The van der Waals surface area contributed by atoms with Crippen molar-refractivity contribution in [2.24, 2.45) is 0 Å². The van der Waals surface area contributed by atoms with Crippen LogP contribution in [-0.4, -0.2) is 11.9 Å². The molecule has 110 valence electrons. The van der Waals surface area contributed by atoms with Gasteiger partial charge in [0.25, 0.3) is 5.91 Å². The van der Waals surface area contributed by atoms with Crippen molar-refractivity contribution in [2.45, 2.75) is 19.4 Å². The van der Waals surface area contributed by atoms with Crippen LogP contribution in [0.4, 0.5) is 8.78 Å². The summed E-state index contributed by atoms with van der Waals surface area (Å²) in [4.78, 5) is 12.0. The quantitative estimate of drug-likeness (QED) is 0.881. The molecule has 0 radical (unpaired) electrons. The zero-order valence-corrected chi connectivity index (χ0v) is 13.0. The lowest BCUT2D eigenvalue weighted by molar-refractivity contribution is 0.0939. The summed E-state index contributed by atoms with van der Waals surface area (Å²) < 4.78 is 28.0. The minimum Gasteiger partial charge on any atom is -0.349 e. The van der Waals surface area contributed by atoms with Crippen LogP contribution < -0.4 is 5.32 Å². The molecule has 0 heterocycles. The number of hydrogen-bond acceptors (Lipinski definition) is 1. The molecule has 0 aliphatic heterocycles. The molecule has 0 unspecified atom stereocenters. The van der Waals surface area contributed by atoms with Gasteiger partial charge in [-0.25, -0.2) is 8.78 Å². The average molecular weight is 354 g/mol. The van der Waals surface area contributed by atoms with E-state index in [1.807, 2.05) is 0 Å². The first-order valence-electron chi connectivity index (χ1n) is 6.46. The Morgan fingerprint density at radius 1 is 1.14 bits per heavy atom. The van der Waals surface area contributed by atoms with Crippen LogP contribution >= 0.6 is 15.9 Å². The number of benzene rings is 2. The van der Waals surface area contributed by atoms with Gasteiger partial charge < -0.3 is 5.32 Å². The minimum absolute atomic E-state index is 0.0129. The molecular formula is C16H14BrF2NO. The predicted octanol–water partition coefficient (Wildman–Crippen LogP) is 4.09. The largest absolute Gasteiger partial charge is 0.349 e. The van der Waals surface area contributed by atoms with E-state index >= 15 is 0 Å². The summed E-state index contributed by atoms with van der Waals surface area (Å²) in [5.41, 5.74) is 0.486. The molecule has 0 aliphatic carbocycles. The van der Waals surface area contributed by atoms with E-state index in [1.54, 1.807) is 31.2 Å². The number of amides is 1. The van der Waals surface area contributed by atoms with Crippen molar-refractivity contribution in [1.29, 1.82) is 0 Å². The summed E-state index contributed by atoms with van der Waals surface area (Å²) in [6.07, 6.45) is 0.0980. The lowest BCUT2D eigenvalue weighted by Crippen LogP contribution is -2.34. The third kappa shape index (κ3) is 4.11. The van der Waals surface area contributed by atoms with Crippen molar-refractivity contribution in [2.75, 3.05) is 0 Å². The highest BCUT2D eigenvalue weighted by Gasteiger charge is 2.15. The van der Waals surface area contributed by atoms with Crippen LogP contribution in [0, 0.1) is 11.6 Å². The third-order valence-electron chi connectivity index (χ3n) is 3.06. The number of hydrogen-bond donors (Lipinski definition) is 1. The Labute approximate surface area is 130 Å². The maximum absolute atomic E-state index is 13.6. The lowest BCUT2D eigenvalue weighted by Gasteiger charge is -2.15. The maximum atomic E-state index is 13.6. The molecule has 2 aromatic carbocycles. The fraction of sp³-hybridized carbons (Fsp3) is 0.188. The molecule has 21 heavy (non-hydrogen) atoms. The van der Waals surface area contributed by atoms with E-state index in [4.69, 9.17) is 0 Å². The molecule has 0 aromatic heterocycles. The number of rotatable bonds is 4. The number of nitrogens with one attached hydrogen (secondary N) is 1. The molecule has 0 bridgehead atoms. The molecule has 2 nitrogen and oxygen atoms in total. The highest BCUT2D eigenvalue weighted by molar-refractivity contribution is 9.10. The van der Waals surface area contributed by atoms with Gasteiger partial charge in [0, 0.05) is 21.6 Å². The third-order valence-corrected chi connectivity index (χ3v) is 3.58.